The molecule has 1 aromatic heterocycles. The van der Waals surface area contributed by atoms with Gasteiger partial charge in [-0.15, -0.1) is 0 Å². The van der Waals surface area contributed by atoms with Gasteiger partial charge in [0.25, 0.3) is 5.91 Å². The first-order chi connectivity index (χ1) is 13.1. The number of carbonyl (C=O) groups is 1. The van der Waals surface area contributed by atoms with E-state index in [4.69, 9.17) is 25.6 Å². The van der Waals surface area contributed by atoms with Crippen LogP contribution in [0.5, 0.6) is 11.5 Å². The number of methoxy groups -OCH3 is 2. The van der Waals surface area contributed by atoms with Gasteiger partial charge in [-0.2, -0.15) is 0 Å². The van der Waals surface area contributed by atoms with E-state index in [-0.39, 0.29) is 11.6 Å². The topological polar surface area (TPSA) is 73.6 Å². The van der Waals surface area contributed by atoms with Crippen molar-refractivity contribution in [2.75, 3.05) is 20.8 Å². The maximum atomic E-state index is 12.3. The van der Waals surface area contributed by atoms with Crippen LogP contribution in [0.1, 0.15) is 16.1 Å². The molecule has 6 nitrogen and oxygen atoms in total. The van der Waals surface area contributed by atoms with E-state index in [0.717, 1.165) is 11.1 Å². The third kappa shape index (κ3) is 4.60. The first kappa shape index (κ1) is 18.8. The number of rotatable bonds is 7. The Hall–Kier alpha value is -2.99. The van der Waals surface area contributed by atoms with E-state index in [0.29, 0.717) is 35.2 Å². The molecule has 3 aromatic rings. The SMILES string of the molecule is COc1ccc(CCNC(=O)c2cc(-c3cccc(Cl)c3)on2)cc1OC. The normalized spacial score (nSPS) is 10.5. The summed E-state index contributed by atoms with van der Waals surface area (Å²) in [4.78, 5) is 12.3. The highest BCUT2D eigenvalue weighted by Crippen LogP contribution is 2.27. The van der Waals surface area contributed by atoms with Gasteiger partial charge in [-0.1, -0.05) is 35.0 Å². The summed E-state index contributed by atoms with van der Waals surface area (Å²) in [6.07, 6.45) is 0.644. The Morgan fingerprint density at radius 3 is 2.67 bits per heavy atom. The molecule has 0 bridgehead atoms. The van der Waals surface area contributed by atoms with Crippen molar-refractivity contribution >= 4 is 17.5 Å². The van der Waals surface area contributed by atoms with Crippen molar-refractivity contribution in [3.05, 3.63) is 64.8 Å². The van der Waals surface area contributed by atoms with Crippen LogP contribution in [0.2, 0.25) is 5.02 Å². The lowest BCUT2D eigenvalue weighted by atomic mass is 10.1. The Morgan fingerprint density at radius 1 is 1.11 bits per heavy atom. The van der Waals surface area contributed by atoms with Crippen LogP contribution in [0, 0.1) is 0 Å². The van der Waals surface area contributed by atoms with Crippen LogP contribution >= 0.6 is 11.6 Å². The third-order valence-electron chi connectivity index (χ3n) is 4.00. The van der Waals surface area contributed by atoms with Gasteiger partial charge in [-0.3, -0.25) is 4.79 Å². The zero-order valence-corrected chi connectivity index (χ0v) is 15.7. The number of amides is 1. The molecule has 0 fully saturated rings. The minimum Gasteiger partial charge on any atom is -0.493 e. The highest BCUT2D eigenvalue weighted by atomic mass is 35.5. The van der Waals surface area contributed by atoms with Gasteiger partial charge in [-0.05, 0) is 36.2 Å². The van der Waals surface area contributed by atoms with Crippen molar-refractivity contribution in [1.29, 1.82) is 0 Å². The van der Waals surface area contributed by atoms with E-state index in [9.17, 15) is 4.79 Å². The number of hydrogen-bond acceptors (Lipinski definition) is 5. The molecular formula is C20H19ClN2O4. The highest BCUT2D eigenvalue weighted by molar-refractivity contribution is 6.30. The molecule has 0 aliphatic heterocycles. The zero-order chi connectivity index (χ0) is 19.2. The summed E-state index contributed by atoms with van der Waals surface area (Å²) < 4.78 is 15.7. The number of aromatic nitrogens is 1. The molecule has 7 heteroatoms. The molecule has 1 N–H and O–H groups in total. The molecule has 3 rings (SSSR count). The van der Waals surface area contributed by atoms with Crippen molar-refractivity contribution in [2.24, 2.45) is 0 Å². The molecule has 0 saturated heterocycles. The summed E-state index contributed by atoms with van der Waals surface area (Å²) in [5, 5.41) is 7.25. The fourth-order valence-corrected chi connectivity index (χ4v) is 2.80. The molecule has 0 aliphatic rings. The summed E-state index contributed by atoms with van der Waals surface area (Å²) in [6, 6.07) is 14.4. The summed E-state index contributed by atoms with van der Waals surface area (Å²) in [6.45, 7) is 0.452. The minimum absolute atomic E-state index is 0.220. The van der Waals surface area contributed by atoms with Crippen molar-refractivity contribution in [2.45, 2.75) is 6.42 Å². The van der Waals surface area contributed by atoms with Gasteiger partial charge in [-0.25, -0.2) is 0 Å². The van der Waals surface area contributed by atoms with Crippen LogP contribution in [0.4, 0.5) is 0 Å². The van der Waals surface area contributed by atoms with Gasteiger partial charge in [0.15, 0.2) is 23.0 Å². The van der Waals surface area contributed by atoms with Crippen LogP contribution in [-0.2, 0) is 6.42 Å². The standard InChI is InChI=1S/C20H19ClN2O4/c1-25-17-7-6-13(10-19(17)26-2)8-9-22-20(24)16-12-18(27-23-16)14-4-3-5-15(21)11-14/h3-7,10-12H,8-9H2,1-2H3,(H,22,24). The lowest BCUT2D eigenvalue weighted by Crippen LogP contribution is -2.25. The zero-order valence-electron chi connectivity index (χ0n) is 15.0. The molecule has 2 aromatic carbocycles. The molecular weight excluding hydrogens is 368 g/mol. The molecule has 140 valence electrons. The van der Waals surface area contributed by atoms with Crippen molar-refractivity contribution in [1.82, 2.24) is 10.5 Å². The fraction of sp³-hybridized carbons (Fsp3) is 0.200. The number of nitrogens with zero attached hydrogens (tertiary/aromatic N) is 1. The van der Waals surface area contributed by atoms with Crippen LogP contribution in [0.15, 0.2) is 53.1 Å². The monoisotopic (exact) mass is 386 g/mol. The minimum atomic E-state index is -0.299. The molecule has 27 heavy (non-hydrogen) atoms. The summed E-state index contributed by atoms with van der Waals surface area (Å²) >= 11 is 5.97. The number of ether oxygens (including phenoxy) is 2. The Kier molecular flexibility index (Phi) is 5.98. The van der Waals surface area contributed by atoms with E-state index in [2.05, 4.69) is 10.5 Å². The van der Waals surface area contributed by atoms with E-state index >= 15 is 0 Å². The molecule has 0 aliphatic carbocycles. The number of benzene rings is 2. The Bertz CT molecular complexity index is 939. The average molecular weight is 387 g/mol. The lowest BCUT2D eigenvalue weighted by Gasteiger charge is -2.09. The van der Waals surface area contributed by atoms with Crippen molar-refractivity contribution in [3.8, 4) is 22.8 Å². The van der Waals surface area contributed by atoms with Gasteiger partial charge in [0.2, 0.25) is 0 Å². The smallest absolute Gasteiger partial charge is 0.273 e. The third-order valence-corrected chi connectivity index (χ3v) is 4.23. The van der Waals surface area contributed by atoms with Gasteiger partial charge in [0, 0.05) is 23.2 Å². The molecule has 1 heterocycles. The summed E-state index contributed by atoms with van der Waals surface area (Å²) in [5.74, 6) is 1.51. The van der Waals surface area contributed by atoms with Crippen LogP contribution in [0.25, 0.3) is 11.3 Å². The molecule has 1 amide bonds. The predicted octanol–water partition coefficient (Wildman–Crippen LogP) is 3.98. The number of carbonyl (C=O) groups excluding carboxylic acids is 1. The largest absolute Gasteiger partial charge is 0.493 e. The molecule has 0 radical (unpaired) electrons. The Balaban J connectivity index is 1.59. The maximum absolute atomic E-state index is 12.3. The fourth-order valence-electron chi connectivity index (χ4n) is 2.61. The van der Waals surface area contributed by atoms with Gasteiger partial charge >= 0.3 is 0 Å². The second-order valence-corrected chi connectivity index (χ2v) is 6.22. The summed E-state index contributed by atoms with van der Waals surface area (Å²) in [7, 11) is 3.18. The van der Waals surface area contributed by atoms with Gasteiger partial charge in [0.05, 0.1) is 14.2 Å². The summed E-state index contributed by atoms with van der Waals surface area (Å²) in [5.41, 5.74) is 2.00. The molecule has 0 atom stereocenters. The van der Waals surface area contributed by atoms with E-state index in [1.165, 1.54) is 0 Å². The number of hydrogen-bond donors (Lipinski definition) is 1. The first-order valence-corrected chi connectivity index (χ1v) is 8.70. The van der Waals surface area contributed by atoms with Gasteiger partial charge in [0.1, 0.15) is 0 Å². The van der Waals surface area contributed by atoms with Gasteiger partial charge < -0.3 is 19.3 Å². The first-order valence-electron chi connectivity index (χ1n) is 8.32. The molecule has 0 unspecified atom stereocenters. The maximum Gasteiger partial charge on any atom is 0.273 e. The second kappa shape index (κ2) is 8.60. The lowest BCUT2D eigenvalue weighted by molar-refractivity contribution is 0.0945. The Labute approximate surface area is 162 Å². The van der Waals surface area contributed by atoms with Crippen LogP contribution in [0.3, 0.4) is 0 Å². The molecule has 0 spiro atoms. The van der Waals surface area contributed by atoms with E-state index in [1.54, 1.807) is 32.4 Å². The average Bonchev–Trinajstić information content (AvgIpc) is 3.18. The molecule has 0 saturated carbocycles. The van der Waals surface area contributed by atoms with Crippen LogP contribution < -0.4 is 14.8 Å². The van der Waals surface area contributed by atoms with Crippen molar-refractivity contribution in [3.63, 3.8) is 0 Å². The van der Waals surface area contributed by atoms with E-state index in [1.807, 2.05) is 30.3 Å². The highest BCUT2D eigenvalue weighted by Gasteiger charge is 2.14. The number of nitrogens with one attached hydrogen (secondary N) is 1. The Morgan fingerprint density at radius 2 is 1.93 bits per heavy atom. The predicted molar refractivity (Wildman–Crippen MR) is 103 cm³/mol. The van der Waals surface area contributed by atoms with Crippen molar-refractivity contribution < 1.29 is 18.8 Å². The van der Waals surface area contributed by atoms with Crippen LogP contribution in [-0.4, -0.2) is 31.8 Å². The van der Waals surface area contributed by atoms with E-state index < -0.39 is 0 Å². The quantitative estimate of drug-likeness (QED) is 0.664. The second-order valence-electron chi connectivity index (χ2n) is 5.78. The number of halogens is 1.